The van der Waals surface area contributed by atoms with Gasteiger partial charge in [0.25, 0.3) is 5.91 Å². The average molecular weight is 453 g/mol. The van der Waals surface area contributed by atoms with Gasteiger partial charge < -0.3 is 19.8 Å². The van der Waals surface area contributed by atoms with E-state index < -0.39 is 6.10 Å². The number of aromatic nitrogens is 1. The Morgan fingerprint density at radius 1 is 1.21 bits per heavy atom. The van der Waals surface area contributed by atoms with Crippen molar-refractivity contribution in [3.63, 3.8) is 0 Å². The van der Waals surface area contributed by atoms with Crippen LogP contribution in [0.1, 0.15) is 25.8 Å². The molecule has 0 saturated carbocycles. The first-order valence-corrected chi connectivity index (χ1v) is 11.1. The normalized spacial score (nSPS) is 15.2. The summed E-state index contributed by atoms with van der Waals surface area (Å²) in [5, 5.41) is 13.8. The lowest BCUT2D eigenvalue weighted by atomic mass is 10.0. The third-order valence-corrected chi connectivity index (χ3v) is 4.96. The molecular weight excluding hydrogens is 420 g/mol. The number of nitrogens with one attached hydrogen (secondary N) is 2. The number of carbonyl (C=O) groups excluding carboxylic acids is 1. The van der Waals surface area contributed by atoms with E-state index >= 15 is 0 Å². The Labute approximate surface area is 194 Å². The fourth-order valence-corrected chi connectivity index (χ4v) is 3.18. The van der Waals surface area contributed by atoms with E-state index in [1.54, 1.807) is 7.05 Å². The highest BCUT2D eigenvalue weighted by atomic mass is 16.5. The molecule has 2 heterocycles. The third-order valence-electron chi connectivity index (χ3n) is 4.96. The molecule has 2 N–H and O–H groups in total. The lowest BCUT2D eigenvalue weighted by molar-refractivity contribution is -0.131. The van der Waals surface area contributed by atoms with Crippen molar-refractivity contribution in [2.45, 2.75) is 33.3 Å². The summed E-state index contributed by atoms with van der Waals surface area (Å²) in [7, 11) is 1.72. The molecule has 1 amide bonds. The second kappa shape index (κ2) is 13.2. The first-order chi connectivity index (χ1) is 16.0. The van der Waals surface area contributed by atoms with Gasteiger partial charge in [0.2, 0.25) is 0 Å². The summed E-state index contributed by atoms with van der Waals surface area (Å²) in [6.07, 6.45) is 0.470. The molecule has 176 valence electrons. The van der Waals surface area contributed by atoms with Gasteiger partial charge in [0.05, 0.1) is 11.6 Å². The number of aryl methyl sites for hydroxylation is 2. The van der Waals surface area contributed by atoms with E-state index in [-0.39, 0.29) is 18.2 Å². The largest absolute Gasteiger partial charge is 0.419 e. The first-order valence-electron chi connectivity index (χ1n) is 11.1. The van der Waals surface area contributed by atoms with Crippen LogP contribution in [0.25, 0.3) is 22.2 Å². The van der Waals surface area contributed by atoms with Crippen molar-refractivity contribution in [3.8, 4) is 17.2 Å². The molecule has 0 bridgehead atoms. The monoisotopic (exact) mass is 452 g/mol. The topological polar surface area (TPSA) is 109 Å². The van der Waals surface area contributed by atoms with Crippen LogP contribution in [0.5, 0.6) is 0 Å². The Hall–Kier alpha value is -3.41. The van der Waals surface area contributed by atoms with E-state index in [0.717, 1.165) is 29.6 Å². The Bertz CT molecular complexity index is 1120. The van der Waals surface area contributed by atoms with E-state index in [2.05, 4.69) is 41.8 Å². The van der Waals surface area contributed by atoms with Gasteiger partial charge in [-0.25, -0.2) is 4.79 Å². The molecule has 0 radical (unpaired) electrons. The minimum atomic E-state index is -0.448. The molecule has 0 unspecified atom stereocenters. The number of oxazole rings is 1. The van der Waals surface area contributed by atoms with E-state index in [1.807, 2.05) is 38.1 Å². The van der Waals surface area contributed by atoms with Crippen LogP contribution in [0.15, 0.2) is 51.7 Å². The quantitative estimate of drug-likeness (QED) is 0.591. The summed E-state index contributed by atoms with van der Waals surface area (Å²) in [6, 6.07) is 15.9. The van der Waals surface area contributed by atoms with Gasteiger partial charge in [-0.3, -0.25) is 9.36 Å². The highest BCUT2D eigenvalue weighted by Gasteiger charge is 2.19. The second-order valence-corrected chi connectivity index (χ2v) is 7.27. The molecular formula is C25H32N4O4. The number of benzene rings is 2. The fraction of sp³-hybridized carbons (Fsp3) is 0.400. The molecule has 0 spiro atoms. The number of amides is 1. The zero-order valence-corrected chi connectivity index (χ0v) is 19.7. The molecule has 3 aromatic rings. The standard InChI is InChI=1S/C15H13NO2.C8H13N3O2.C2H6/c1-10-3-5-11(6-4-10)12-7-8-14-13(9-12)16(2)15(17)18-14;9-2-4-11-8(12)7-6-10-3-1-5-13-7;1-2/h3-9H,1-2H3;7,10H,1,3-6H2,(H,11,12);1-2H3/t;7-;/m.0./s1. The maximum Gasteiger partial charge on any atom is 0.419 e. The second-order valence-electron chi connectivity index (χ2n) is 7.27. The first kappa shape index (κ1) is 25.8. The van der Waals surface area contributed by atoms with Gasteiger partial charge in [0.15, 0.2) is 5.58 Å². The van der Waals surface area contributed by atoms with Gasteiger partial charge in [-0.2, -0.15) is 5.26 Å². The van der Waals surface area contributed by atoms with Crippen LogP contribution in [0.2, 0.25) is 0 Å². The number of fused-ring (bicyclic) bond motifs is 1. The van der Waals surface area contributed by atoms with Gasteiger partial charge in [0.1, 0.15) is 12.6 Å². The Morgan fingerprint density at radius 2 is 1.91 bits per heavy atom. The summed E-state index contributed by atoms with van der Waals surface area (Å²) in [6.45, 7) is 8.10. The van der Waals surface area contributed by atoms with Gasteiger partial charge in [-0.15, -0.1) is 0 Å². The molecule has 1 aromatic heterocycles. The number of nitrogens with zero attached hydrogens (tertiary/aromatic N) is 2. The summed E-state index contributed by atoms with van der Waals surface area (Å²) in [4.78, 5) is 22.7. The van der Waals surface area contributed by atoms with Crippen molar-refractivity contribution in [1.82, 2.24) is 15.2 Å². The molecule has 1 fully saturated rings. The molecule has 8 nitrogen and oxygen atoms in total. The predicted octanol–water partition coefficient (Wildman–Crippen LogP) is 3.14. The fourth-order valence-electron chi connectivity index (χ4n) is 3.18. The van der Waals surface area contributed by atoms with Crippen LogP contribution < -0.4 is 16.4 Å². The van der Waals surface area contributed by atoms with Crippen LogP contribution in [-0.2, 0) is 16.6 Å². The number of hydrogen-bond acceptors (Lipinski definition) is 6. The van der Waals surface area contributed by atoms with Crippen LogP contribution in [0, 0.1) is 18.3 Å². The van der Waals surface area contributed by atoms with Gasteiger partial charge in [0, 0.05) is 20.2 Å². The number of rotatable bonds is 3. The Morgan fingerprint density at radius 3 is 2.61 bits per heavy atom. The number of ether oxygens (including phenoxy) is 1. The van der Waals surface area contributed by atoms with E-state index in [9.17, 15) is 9.59 Å². The summed E-state index contributed by atoms with van der Waals surface area (Å²) >= 11 is 0. The zero-order valence-electron chi connectivity index (χ0n) is 19.7. The lowest BCUT2D eigenvalue weighted by Crippen LogP contribution is -2.41. The average Bonchev–Trinajstić information content (AvgIpc) is 3.02. The van der Waals surface area contributed by atoms with E-state index in [0.29, 0.717) is 18.7 Å². The molecule has 1 atom stereocenters. The summed E-state index contributed by atoms with van der Waals surface area (Å²) in [5.41, 5.74) is 4.89. The van der Waals surface area contributed by atoms with Gasteiger partial charge >= 0.3 is 5.76 Å². The number of carbonyl (C=O) groups is 1. The molecule has 1 saturated heterocycles. The van der Waals surface area contributed by atoms with Gasteiger partial charge in [-0.1, -0.05) is 49.7 Å². The molecule has 33 heavy (non-hydrogen) atoms. The minimum absolute atomic E-state index is 0.0404. The highest BCUT2D eigenvalue weighted by molar-refractivity contribution is 5.81. The van der Waals surface area contributed by atoms with Crippen molar-refractivity contribution < 1.29 is 13.9 Å². The lowest BCUT2D eigenvalue weighted by Gasteiger charge is -2.12. The number of hydrogen-bond donors (Lipinski definition) is 2. The maximum absolute atomic E-state index is 11.4. The predicted molar refractivity (Wildman–Crippen MR) is 129 cm³/mol. The van der Waals surface area contributed by atoms with Crippen LogP contribution in [0.3, 0.4) is 0 Å². The third kappa shape index (κ3) is 7.31. The van der Waals surface area contributed by atoms with Crippen LogP contribution in [-0.4, -0.2) is 42.8 Å². The van der Waals surface area contributed by atoms with Crippen molar-refractivity contribution in [3.05, 3.63) is 58.6 Å². The molecule has 8 heteroatoms. The SMILES string of the molecule is CC.Cc1ccc(-c2ccc3oc(=O)n(C)c3c2)cc1.N#CCNC(=O)[C@@H]1CNCCCO1. The van der Waals surface area contributed by atoms with Crippen LogP contribution >= 0.6 is 0 Å². The van der Waals surface area contributed by atoms with E-state index in [4.69, 9.17) is 14.4 Å². The Balaban J connectivity index is 0.000000228. The van der Waals surface area contributed by atoms with Gasteiger partial charge in [-0.05, 0) is 43.1 Å². The zero-order chi connectivity index (χ0) is 24.2. The maximum atomic E-state index is 11.4. The van der Waals surface area contributed by atoms with Crippen molar-refractivity contribution in [1.29, 1.82) is 5.26 Å². The summed E-state index contributed by atoms with van der Waals surface area (Å²) in [5.74, 6) is -0.540. The minimum Gasteiger partial charge on any atom is -0.408 e. The van der Waals surface area contributed by atoms with Crippen molar-refractivity contribution >= 4 is 17.0 Å². The Kier molecular flexibility index (Phi) is 10.3. The molecule has 4 rings (SSSR count). The van der Waals surface area contributed by atoms with Crippen molar-refractivity contribution in [2.24, 2.45) is 7.05 Å². The molecule has 2 aromatic carbocycles. The number of nitriles is 1. The molecule has 0 aliphatic carbocycles. The molecule has 1 aliphatic heterocycles. The van der Waals surface area contributed by atoms with Crippen molar-refractivity contribution in [2.75, 3.05) is 26.2 Å². The smallest absolute Gasteiger partial charge is 0.408 e. The molecule has 1 aliphatic rings. The van der Waals surface area contributed by atoms with Crippen LogP contribution in [0.4, 0.5) is 0 Å². The van der Waals surface area contributed by atoms with E-state index in [1.165, 1.54) is 10.1 Å². The highest BCUT2D eigenvalue weighted by Crippen LogP contribution is 2.24. The summed E-state index contributed by atoms with van der Waals surface area (Å²) < 4.78 is 11.9.